The maximum absolute atomic E-state index is 12.8. The molecule has 1 aliphatic heterocycles. The molecule has 10 heteroatoms. The second-order valence-corrected chi connectivity index (χ2v) is 5.40. The van der Waals surface area contributed by atoms with Crippen molar-refractivity contribution >= 4 is 11.9 Å². The van der Waals surface area contributed by atoms with Gasteiger partial charge in [-0.1, -0.05) is 11.2 Å². The molecule has 1 fully saturated rings. The van der Waals surface area contributed by atoms with Crippen LogP contribution in [0.25, 0.3) is 0 Å². The summed E-state index contributed by atoms with van der Waals surface area (Å²) >= 11 is 0. The van der Waals surface area contributed by atoms with E-state index in [-0.39, 0.29) is 12.1 Å². The van der Waals surface area contributed by atoms with Crippen molar-refractivity contribution in [3.8, 4) is 0 Å². The maximum Gasteiger partial charge on any atom is 0.416 e. The summed E-state index contributed by atoms with van der Waals surface area (Å²) in [6.45, 7) is 1.80. The number of amides is 1. The standard InChI is InChI=1S/C14H17F3N4O3/c15-14(16,17)10-2-1-9(11(7-10)12(18)19-24)8-20-3-5-21(6-4-20)13(22)23/h1-2,7,24H,3-6,8H2,(H2,18,19)(H,22,23). The van der Waals surface area contributed by atoms with Crippen LogP contribution in [0.2, 0.25) is 0 Å². The highest BCUT2D eigenvalue weighted by atomic mass is 19.4. The van der Waals surface area contributed by atoms with E-state index in [1.165, 1.54) is 11.0 Å². The van der Waals surface area contributed by atoms with E-state index in [0.717, 1.165) is 12.1 Å². The Balaban J connectivity index is 2.19. The molecule has 0 unspecified atom stereocenters. The summed E-state index contributed by atoms with van der Waals surface area (Å²) in [6, 6.07) is 3.08. The van der Waals surface area contributed by atoms with Gasteiger partial charge in [-0.05, 0) is 17.7 Å². The predicted octanol–water partition coefficient (Wildman–Crippen LogP) is 1.60. The number of carboxylic acid groups (broad SMARTS) is 1. The zero-order valence-corrected chi connectivity index (χ0v) is 12.6. The van der Waals surface area contributed by atoms with Crippen molar-refractivity contribution in [1.82, 2.24) is 9.80 Å². The minimum absolute atomic E-state index is 0.00740. The number of oxime groups is 1. The van der Waals surface area contributed by atoms with E-state index in [1.54, 1.807) is 0 Å². The number of carbonyl (C=O) groups is 1. The molecule has 0 saturated carbocycles. The minimum atomic E-state index is -4.53. The van der Waals surface area contributed by atoms with Crippen molar-refractivity contribution in [3.63, 3.8) is 0 Å². The smallest absolute Gasteiger partial charge is 0.416 e. The minimum Gasteiger partial charge on any atom is -0.465 e. The molecule has 1 amide bonds. The van der Waals surface area contributed by atoms with Crippen molar-refractivity contribution in [2.45, 2.75) is 12.7 Å². The van der Waals surface area contributed by atoms with Gasteiger partial charge in [-0.3, -0.25) is 4.90 Å². The van der Waals surface area contributed by atoms with Crippen LogP contribution in [0.1, 0.15) is 16.7 Å². The topological polar surface area (TPSA) is 102 Å². The summed E-state index contributed by atoms with van der Waals surface area (Å²) < 4.78 is 38.5. The van der Waals surface area contributed by atoms with Crippen molar-refractivity contribution in [3.05, 3.63) is 34.9 Å². The predicted molar refractivity (Wildman–Crippen MR) is 78.8 cm³/mol. The van der Waals surface area contributed by atoms with Gasteiger partial charge in [0.2, 0.25) is 0 Å². The van der Waals surface area contributed by atoms with Crippen molar-refractivity contribution < 1.29 is 28.3 Å². The molecule has 0 atom stereocenters. The molecule has 1 aromatic rings. The molecular weight excluding hydrogens is 329 g/mol. The molecule has 1 aromatic carbocycles. The molecule has 0 spiro atoms. The van der Waals surface area contributed by atoms with E-state index in [2.05, 4.69) is 5.16 Å². The average molecular weight is 346 g/mol. The third-order valence-electron chi connectivity index (χ3n) is 3.86. The van der Waals surface area contributed by atoms with Crippen LogP contribution in [0.5, 0.6) is 0 Å². The van der Waals surface area contributed by atoms with Gasteiger partial charge in [0.05, 0.1) is 5.56 Å². The average Bonchev–Trinajstić information content (AvgIpc) is 2.54. The Morgan fingerprint density at radius 2 is 1.88 bits per heavy atom. The van der Waals surface area contributed by atoms with Crippen LogP contribution in [-0.4, -0.2) is 58.2 Å². The Morgan fingerprint density at radius 1 is 1.25 bits per heavy atom. The van der Waals surface area contributed by atoms with Crippen LogP contribution in [0, 0.1) is 0 Å². The third kappa shape index (κ3) is 4.07. The zero-order chi connectivity index (χ0) is 17.9. The number of hydrogen-bond donors (Lipinski definition) is 3. The van der Waals surface area contributed by atoms with Gasteiger partial charge in [-0.25, -0.2) is 4.79 Å². The molecular formula is C14H17F3N4O3. The highest BCUT2D eigenvalue weighted by Crippen LogP contribution is 2.31. The number of benzene rings is 1. The van der Waals surface area contributed by atoms with Crippen molar-refractivity contribution in [2.75, 3.05) is 26.2 Å². The number of piperazine rings is 1. The Morgan fingerprint density at radius 3 is 2.38 bits per heavy atom. The number of alkyl halides is 3. The highest BCUT2D eigenvalue weighted by molar-refractivity contribution is 5.98. The van der Waals surface area contributed by atoms with E-state index >= 15 is 0 Å². The van der Waals surface area contributed by atoms with E-state index in [1.807, 2.05) is 4.90 Å². The van der Waals surface area contributed by atoms with Gasteiger partial charge in [0.1, 0.15) is 0 Å². The Labute approximate surface area is 135 Å². The van der Waals surface area contributed by atoms with Gasteiger partial charge in [0, 0.05) is 38.3 Å². The molecule has 24 heavy (non-hydrogen) atoms. The van der Waals surface area contributed by atoms with E-state index in [0.29, 0.717) is 31.7 Å². The molecule has 0 radical (unpaired) electrons. The summed E-state index contributed by atoms with van der Waals surface area (Å²) in [4.78, 5) is 14.0. The molecule has 0 aromatic heterocycles. The first-order chi connectivity index (χ1) is 11.2. The lowest BCUT2D eigenvalue weighted by Crippen LogP contribution is -2.47. The number of hydrogen-bond acceptors (Lipinski definition) is 4. The van der Waals surface area contributed by atoms with Gasteiger partial charge in [0.25, 0.3) is 0 Å². The molecule has 4 N–H and O–H groups in total. The van der Waals surface area contributed by atoms with Gasteiger partial charge in [0.15, 0.2) is 5.84 Å². The van der Waals surface area contributed by atoms with Gasteiger partial charge >= 0.3 is 12.3 Å². The molecule has 7 nitrogen and oxygen atoms in total. The van der Waals surface area contributed by atoms with Crippen LogP contribution in [0.15, 0.2) is 23.4 Å². The summed E-state index contributed by atoms with van der Waals surface area (Å²) in [5.41, 5.74) is 5.10. The lowest BCUT2D eigenvalue weighted by molar-refractivity contribution is -0.137. The fourth-order valence-corrected chi connectivity index (χ4v) is 2.52. The first-order valence-corrected chi connectivity index (χ1v) is 7.10. The first kappa shape index (κ1) is 17.9. The second kappa shape index (κ2) is 6.95. The van der Waals surface area contributed by atoms with Gasteiger partial charge in [-0.2, -0.15) is 13.2 Å². The summed E-state index contributed by atoms with van der Waals surface area (Å²) in [7, 11) is 0. The van der Waals surface area contributed by atoms with E-state index in [9.17, 15) is 18.0 Å². The Kier molecular flexibility index (Phi) is 5.17. The summed E-state index contributed by atoms with van der Waals surface area (Å²) in [5.74, 6) is -0.403. The maximum atomic E-state index is 12.8. The lowest BCUT2D eigenvalue weighted by Gasteiger charge is -2.33. The fourth-order valence-electron chi connectivity index (χ4n) is 2.52. The fraction of sp³-hybridized carbons (Fsp3) is 0.429. The molecule has 0 aliphatic carbocycles. The number of halogens is 3. The summed E-state index contributed by atoms with van der Waals surface area (Å²) in [5, 5.41) is 20.5. The number of nitrogens with zero attached hydrogens (tertiary/aromatic N) is 3. The van der Waals surface area contributed by atoms with Crippen LogP contribution in [0.4, 0.5) is 18.0 Å². The van der Waals surface area contributed by atoms with Crippen molar-refractivity contribution in [2.24, 2.45) is 10.9 Å². The Bertz CT molecular complexity index is 641. The Hall–Kier alpha value is -2.49. The first-order valence-electron chi connectivity index (χ1n) is 7.10. The normalized spacial score (nSPS) is 17.1. The molecule has 1 saturated heterocycles. The zero-order valence-electron chi connectivity index (χ0n) is 12.6. The highest BCUT2D eigenvalue weighted by Gasteiger charge is 2.31. The SMILES string of the molecule is N/C(=N\O)c1cc(C(F)(F)F)ccc1CN1CCN(C(=O)O)CC1. The van der Waals surface area contributed by atoms with Gasteiger partial charge in [-0.15, -0.1) is 0 Å². The van der Waals surface area contributed by atoms with E-state index < -0.39 is 23.7 Å². The van der Waals surface area contributed by atoms with Gasteiger partial charge < -0.3 is 20.9 Å². The lowest BCUT2D eigenvalue weighted by atomic mass is 10.0. The van der Waals surface area contributed by atoms with Crippen LogP contribution in [0.3, 0.4) is 0 Å². The van der Waals surface area contributed by atoms with Crippen LogP contribution in [-0.2, 0) is 12.7 Å². The van der Waals surface area contributed by atoms with Crippen LogP contribution >= 0.6 is 0 Å². The molecule has 1 aliphatic rings. The number of rotatable bonds is 3. The second-order valence-electron chi connectivity index (χ2n) is 5.40. The third-order valence-corrected chi connectivity index (χ3v) is 3.86. The molecule has 132 valence electrons. The molecule has 1 heterocycles. The largest absolute Gasteiger partial charge is 0.465 e. The number of amidine groups is 1. The monoisotopic (exact) mass is 346 g/mol. The molecule has 2 rings (SSSR count). The van der Waals surface area contributed by atoms with Crippen LogP contribution < -0.4 is 5.73 Å². The number of nitrogens with two attached hydrogens (primary N) is 1. The van der Waals surface area contributed by atoms with Crippen molar-refractivity contribution in [1.29, 1.82) is 0 Å². The van der Waals surface area contributed by atoms with E-state index in [4.69, 9.17) is 16.0 Å². The summed E-state index contributed by atoms with van der Waals surface area (Å²) in [6.07, 6.45) is -5.53. The quantitative estimate of drug-likeness (QED) is 0.334. The molecule has 0 bridgehead atoms.